The van der Waals surface area contributed by atoms with Gasteiger partial charge in [0.1, 0.15) is 0 Å². The Morgan fingerprint density at radius 1 is 0.733 bits per heavy atom. The molecule has 0 aromatic heterocycles. The summed E-state index contributed by atoms with van der Waals surface area (Å²) < 4.78 is 6.15. The molecule has 1 nitrogen and oxygen atoms in total. The van der Waals surface area contributed by atoms with Crippen molar-refractivity contribution in [1.82, 2.24) is 0 Å². The zero-order valence-electron chi connectivity index (χ0n) is 11.1. The van der Waals surface area contributed by atoms with Crippen LogP contribution in [-0.2, 0) is 4.74 Å². The van der Waals surface area contributed by atoms with E-state index in [9.17, 15) is 0 Å². The highest BCUT2D eigenvalue weighted by molar-refractivity contribution is 5.01. The van der Waals surface area contributed by atoms with Gasteiger partial charge in [0, 0.05) is 0 Å². The molecule has 0 aromatic rings. The van der Waals surface area contributed by atoms with Crippen LogP contribution in [0.5, 0.6) is 0 Å². The maximum absolute atomic E-state index is 6.15. The lowest BCUT2D eigenvalue weighted by molar-refractivity contribution is 0.0584. The van der Waals surface area contributed by atoms with Crippen LogP contribution in [0.2, 0.25) is 0 Å². The summed E-state index contributed by atoms with van der Waals surface area (Å²) in [6.45, 7) is 14.1. The summed E-state index contributed by atoms with van der Waals surface area (Å²) in [7, 11) is 0. The van der Waals surface area contributed by atoms with Crippen molar-refractivity contribution < 1.29 is 4.74 Å². The van der Waals surface area contributed by atoms with Crippen molar-refractivity contribution >= 4 is 0 Å². The Labute approximate surface area is 94.6 Å². The van der Waals surface area contributed by atoms with Crippen molar-refractivity contribution in [3.05, 3.63) is 0 Å². The molecule has 2 saturated heterocycles. The summed E-state index contributed by atoms with van der Waals surface area (Å²) in [5.74, 6) is 1.56. The van der Waals surface area contributed by atoms with E-state index >= 15 is 0 Å². The smallest absolute Gasteiger partial charge is 0.0616 e. The first-order valence-electron chi connectivity index (χ1n) is 6.35. The van der Waals surface area contributed by atoms with Gasteiger partial charge in [-0.1, -0.05) is 41.5 Å². The predicted molar refractivity (Wildman–Crippen MR) is 63.8 cm³/mol. The number of rotatable bonds is 0. The average Bonchev–Trinajstić information content (AvgIpc) is 2.57. The summed E-state index contributed by atoms with van der Waals surface area (Å²) in [5.41, 5.74) is 0.838. The van der Waals surface area contributed by atoms with Crippen LogP contribution in [0.4, 0.5) is 0 Å². The van der Waals surface area contributed by atoms with E-state index in [-0.39, 0.29) is 0 Å². The molecular formula is C14H26O. The predicted octanol–water partition coefficient (Wildman–Crippen LogP) is 3.87. The van der Waals surface area contributed by atoms with Crippen LogP contribution in [0.25, 0.3) is 0 Å². The van der Waals surface area contributed by atoms with Crippen molar-refractivity contribution in [3.8, 4) is 0 Å². The molecule has 2 heterocycles. The molecule has 0 aromatic carbocycles. The maximum atomic E-state index is 6.15. The molecule has 2 aliphatic heterocycles. The van der Waals surface area contributed by atoms with Gasteiger partial charge in [-0.15, -0.1) is 0 Å². The summed E-state index contributed by atoms with van der Waals surface area (Å²) in [4.78, 5) is 0. The first kappa shape index (κ1) is 11.4. The van der Waals surface area contributed by atoms with Crippen LogP contribution in [0.1, 0.15) is 54.4 Å². The molecule has 2 fully saturated rings. The Morgan fingerprint density at radius 3 is 1.27 bits per heavy atom. The lowest BCUT2D eigenvalue weighted by Gasteiger charge is -2.38. The average molecular weight is 210 g/mol. The summed E-state index contributed by atoms with van der Waals surface area (Å²) in [5, 5.41) is 0. The van der Waals surface area contributed by atoms with E-state index in [1.54, 1.807) is 0 Å². The van der Waals surface area contributed by atoms with Crippen LogP contribution in [0.15, 0.2) is 0 Å². The highest BCUT2D eigenvalue weighted by atomic mass is 16.5. The standard InChI is InChI=1S/C14H26O/c1-13(2,3)9-7-12-10(14(4,5)6)8-11(9)15-12/h9-12H,7-8H2,1-6H3. The molecule has 0 spiro atoms. The lowest BCUT2D eigenvalue weighted by atomic mass is 9.64. The van der Waals surface area contributed by atoms with E-state index in [0.29, 0.717) is 23.0 Å². The molecule has 2 bridgehead atoms. The highest BCUT2D eigenvalue weighted by Gasteiger charge is 2.53. The van der Waals surface area contributed by atoms with E-state index < -0.39 is 0 Å². The fourth-order valence-corrected chi connectivity index (χ4v) is 3.48. The summed E-state index contributed by atoms with van der Waals surface area (Å²) >= 11 is 0. The molecule has 0 saturated carbocycles. The van der Waals surface area contributed by atoms with Gasteiger partial charge in [0.05, 0.1) is 12.2 Å². The van der Waals surface area contributed by atoms with Gasteiger partial charge in [-0.3, -0.25) is 0 Å². The Bertz CT molecular complexity index is 217. The zero-order valence-corrected chi connectivity index (χ0v) is 11.1. The minimum atomic E-state index is 0.419. The van der Waals surface area contributed by atoms with Crippen LogP contribution < -0.4 is 0 Å². The largest absolute Gasteiger partial charge is 0.374 e. The van der Waals surface area contributed by atoms with Crippen molar-refractivity contribution in [2.24, 2.45) is 22.7 Å². The third-order valence-corrected chi connectivity index (χ3v) is 4.44. The van der Waals surface area contributed by atoms with E-state index in [0.717, 1.165) is 11.8 Å². The van der Waals surface area contributed by atoms with Gasteiger partial charge in [0.15, 0.2) is 0 Å². The van der Waals surface area contributed by atoms with Crippen molar-refractivity contribution in [2.45, 2.75) is 66.6 Å². The SMILES string of the molecule is CC(C)(C)C1CC2OC1CC2C(C)(C)C. The fraction of sp³-hybridized carbons (Fsp3) is 1.00. The topological polar surface area (TPSA) is 9.23 Å². The van der Waals surface area contributed by atoms with Crippen LogP contribution >= 0.6 is 0 Å². The fourth-order valence-electron chi connectivity index (χ4n) is 3.48. The van der Waals surface area contributed by atoms with Crippen LogP contribution in [0, 0.1) is 22.7 Å². The number of hydrogen-bond donors (Lipinski definition) is 0. The third-order valence-electron chi connectivity index (χ3n) is 4.44. The van der Waals surface area contributed by atoms with E-state index in [1.165, 1.54) is 12.8 Å². The molecule has 0 aliphatic carbocycles. The number of fused-ring (bicyclic) bond motifs is 2. The molecule has 88 valence electrons. The molecule has 4 atom stereocenters. The molecule has 4 unspecified atom stereocenters. The number of ether oxygens (including phenoxy) is 1. The monoisotopic (exact) mass is 210 g/mol. The van der Waals surface area contributed by atoms with Crippen LogP contribution in [0.3, 0.4) is 0 Å². The van der Waals surface area contributed by atoms with Gasteiger partial charge >= 0.3 is 0 Å². The van der Waals surface area contributed by atoms with Crippen molar-refractivity contribution in [3.63, 3.8) is 0 Å². The van der Waals surface area contributed by atoms with Gasteiger partial charge in [-0.2, -0.15) is 0 Å². The molecule has 2 aliphatic rings. The normalized spacial score (nSPS) is 41.2. The molecule has 0 radical (unpaired) electrons. The molecule has 0 N–H and O–H groups in total. The first-order valence-corrected chi connectivity index (χ1v) is 6.35. The van der Waals surface area contributed by atoms with Crippen molar-refractivity contribution in [1.29, 1.82) is 0 Å². The third kappa shape index (κ3) is 1.95. The lowest BCUT2D eigenvalue weighted by Crippen LogP contribution is -2.36. The quantitative estimate of drug-likeness (QED) is 0.589. The Kier molecular flexibility index (Phi) is 2.46. The molecule has 2 rings (SSSR count). The maximum Gasteiger partial charge on any atom is 0.0616 e. The molecule has 0 amide bonds. The van der Waals surface area contributed by atoms with Gasteiger partial charge in [0.25, 0.3) is 0 Å². The Hall–Kier alpha value is -0.0400. The molecule has 1 heteroatoms. The molecular weight excluding hydrogens is 184 g/mol. The van der Waals surface area contributed by atoms with Gasteiger partial charge in [0.2, 0.25) is 0 Å². The van der Waals surface area contributed by atoms with Crippen LogP contribution in [-0.4, -0.2) is 12.2 Å². The van der Waals surface area contributed by atoms with Gasteiger partial charge < -0.3 is 4.74 Å². The minimum absolute atomic E-state index is 0.419. The first-order chi connectivity index (χ1) is 6.69. The van der Waals surface area contributed by atoms with E-state index in [1.807, 2.05) is 0 Å². The number of hydrogen-bond acceptors (Lipinski definition) is 1. The summed E-state index contributed by atoms with van der Waals surface area (Å²) in [6, 6.07) is 0. The second kappa shape index (κ2) is 3.23. The van der Waals surface area contributed by atoms with Crippen molar-refractivity contribution in [2.75, 3.05) is 0 Å². The van der Waals surface area contributed by atoms with Gasteiger partial charge in [-0.05, 0) is 35.5 Å². The highest BCUT2D eigenvalue weighted by Crippen LogP contribution is 2.53. The van der Waals surface area contributed by atoms with E-state index in [2.05, 4.69) is 41.5 Å². The summed E-state index contributed by atoms with van der Waals surface area (Å²) in [6.07, 6.45) is 3.66. The Balaban J connectivity index is 2.07. The second-order valence-electron chi connectivity index (χ2n) is 7.63. The zero-order chi connectivity index (χ0) is 11.4. The minimum Gasteiger partial charge on any atom is -0.374 e. The second-order valence-corrected chi connectivity index (χ2v) is 7.63. The molecule has 15 heavy (non-hydrogen) atoms. The van der Waals surface area contributed by atoms with Gasteiger partial charge in [-0.25, -0.2) is 0 Å². The van der Waals surface area contributed by atoms with E-state index in [4.69, 9.17) is 4.74 Å². The Morgan fingerprint density at radius 2 is 1.07 bits per heavy atom.